The Balaban J connectivity index is 0.00000200. The lowest BCUT2D eigenvalue weighted by Crippen LogP contribution is -2.26. The Bertz CT molecular complexity index is 591. The second-order valence-corrected chi connectivity index (χ2v) is 5.57. The van der Waals surface area contributed by atoms with Gasteiger partial charge in [-0.25, -0.2) is 4.98 Å². The molecule has 5 nitrogen and oxygen atoms in total. The molecule has 21 heavy (non-hydrogen) atoms. The minimum absolute atomic E-state index is 0. The van der Waals surface area contributed by atoms with E-state index >= 15 is 0 Å². The Morgan fingerprint density at radius 2 is 2.10 bits per heavy atom. The van der Waals surface area contributed by atoms with Gasteiger partial charge in [-0.2, -0.15) is 0 Å². The molecule has 0 unspecified atom stereocenters. The van der Waals surface area contributed by atoms with Gasteiger partial charge in [0.2, 0.25) is 0 Å². The molecular weight excluding hydrogens is 331 g/mol. The lowest BCUT2D eigenvalue weighted by atomic mass is 10.2. The highest BCUT2D eigenvalue weighted by Crippen LogP contribution is 2.15. The summed E-state index contributed by atoms with van der Waals surface area (Å²) in [6.07, 6.45) is 3.42. The third-order valence-corrected chi connectivity index (χ3v) is 3.58. The van der Waals surface area contributed by atoms with Gasteiger partial charge in [-0.3, -0.25) is 9.78 Å². The highest BCUT2D eigenvalue weighted by atomic mass is 35.5. The van der Waals surface area contributed by atoms with Crippen LogP contribution in [0, 0.1) is 6.92 Å². The summed E-state index contributed by atoms with van der Waals surface area (Å²) in [7, 11) is 1.78. The smallest absolute Gasteiger partial charge is 0.254 e. The average molecular weight is 349 g/mol. The molecule has 2 rings (SSSR count). The molecule has 0 saturated heterocycles. The molecule has 0 aliphatic rings. The summed E-state index contributed by atoms with van der Waals surface area (Å²) in [5, 5.41) is 1.00. The van der Waals surface area contributed by atoms with E-state index in [1.165, 1.54) is 0 Å². The molecule has 1 amide bonds. The first-order chi connectivity index (χ1) is 9.10. The normalized spacial score (nSPS) is 9.48. The molecule has 8 heteroatoms. The van der Waals surface area contributed by atoms with Gasteiger partial charge in [0.15, 0.2) is 0 Å². The van der Waals surface area contributed by atoms with E-state index in [9.17, 15) is 4.79 Å². The SMILES string of the molecule is Cc1ncc(CN(C)C(=O)c2ccnc(CN)c2)s1.Cl.Cl. The highest BCUT2D eigenvalue weighted by molar-refractivity contribution is 7.11. The Hall–Kier alpha value is -1.21. The van der Waals surface area contributed by atoms with E-state index in [-0.39, 0.29) is 30.7 Å². The zero-order chi connectivity index (χ0) is 13.8. The van der Waals surface area contributed by atoms with Crippen LogP contribution in [0.3, 0.4) is 0 Å². The molecule has 0 bridgehead atoms. The predicted octanol–water partition coefficient (Wildman–Crippen LogP) is 2.42. The van der Waals surface area contributed by atoms with Crippen molar-refractivity contribution in [3.8, 4) is 0 Å². The van der Waals surface area contributed by atoms with Gasteiger partial charge in [0.05, 0.1) is 17.2 Å². The van der Waals surface area contributed by atoms with Crippen LogP contribution >= 0.6 is 36.2 Å². The van der Waals surface area contributed by atoms with Crippen LogP contribution in [0.4, 0.5) is 0 Å². The lowest BCUT2D eigenvalue weighted by molar-refractivity contribution is 0.0786. The number of aryl methyl sites for hydroxylation is 1. The third-order valence-electron chi connectivity index (χ3n) is 2.68. The number of amides is 1. The monoisotopic (exact) mass is 348 g/mol. The molecule has 0 fully saturated rings. The van der Waals surface area contributed by atoms with Crippen molar-refractivity contribution >= 4 is 42.1 Å². The molecule has 0 atom stereocenters. The minimum Gasteiger partial charge on any atom is -0.337 e. The van der Waals surface area contributed by atoms with E-state index in [4.69, 9.17) is 5.73 Å². The summed E-state index contributed by atoms with van der Waals surface area (Å²) in [5.41, 5.74) is 6.85. The van der Waals surface area contributed by atoms with Gasteiger partial charge in [-0.15, -0.1) is 36.2 Å². The molecule has 0 spiro atoms. The maximum absolute atomic E-state index is 12.3. The van der Waals surface area contributed by atoms with Crippen LogP contribution in [0.2, 0.25) is 0 Å². The van der Waals surface area contributed by atoms with Gasteiger partial charge < -0.3 is 10.6 Å². The molecule has 2 aromatic rings. The van der Waals surface area contributed by atoms with Gasteiger partial charge in [-0.05, 0) is 19.1 Å². The van der Waals surface area contributed by atoms with Gasteiger partial charge in [0.25, 0.3) is 5.91 Å². The second-order valence-electron chi connectivity index (χ2n) is 4.25. The number of hydrogen-bond acceptors (Lipinski definition) is 5. The largest absolute Gasteiger partial charge is 0.337 e. The van der Waals surface area contributed by atoms with Crippen LogP contribution < -0.4 is 5.73 Å². The molecule has 2 aromatic heterocycles. The number of hydrogen-bond donors (Lipinski definition) is 1. The fourth-order valence-corrected chi connectivity index (χ4v) is 2.58. The van der Waals surface area contributed by atoms with Gasteiger partial charge in [0, 0.05) is 36.4 Å². The van der Waals surface area contributed by atoms with Crippen molar-refractivity contribution in [3.63, 3.8) is 0 Å². The van der Waals surface area contributed by atoms with Crippen molar-refractivity contribution in [2.75, 3.05) is 7.05 Å². The molecule has 0 aliphatic carbocycles. The Kier molecular flexibility index (Phi) is 8.43. The zero-order valence-corrected chi connectivity index (χ0v) is 14.2. The lowest BCUT2D eigenvalue weighted by Gasteiger charge is -2.16. The molecule has 2 heterocycles. The van der Waals surface area contributed by atoms with Crippen molar-refractivity contribution in [2.24, 2.45) is 5.73 Å². The number of pyridine rings is 1. The van der Waals surface area contributed by atoms with E-state index in [2.05, 4.69) is 9.97 Å². The maximum Gasteiger partial charge on any atom is 0.254 e. The van der Waals surface area contributed by atoms with Gasteiger partial charge in [0.1, 0.15) is 0 Å². The summed E-state index contributed by atoms with van der Waals surface area (Å²) >= 11 is 1.60. The van der Waals surface area contributed by atoms with Crippen molar-refractivity contribution in [2.45, 2.75) is 20.0 Å². The summed E-state index contributed by atoms with van der Waals surface area (Å²) in [6, 6.07) is 3.44. The topological polar surface area (TPSA) is 72.1 Å². The first kappa shape index (κ1) is 19.8. The number of halogens is 2. The van der Waals surface area contributed by atoms with E-state index in [0.717, 1.165) is 9.88 Å². The van der Waals surface area contributed by atoms with Crippen LogP contribution in [-0.4, -0.2) is 27.8 Å². The minimum atomic E-state index is -0.0387. The Labute approximate surface area is 140 Å². The van der Waals surface area contributed by atoms with Crippen molar-refractivity contribution in [3.05, 3.63) is 45.7 Å². The Morgan fingerprint density at radius 3 is 2.67 bits per heavy atom. The van der Waals surface area contributed by atoms with Crippen LogP contribution in [0.1, 0.15) is 25.9 Å². The molecule has 0 saturated carbocycles. The second kappa shape index (κ2) is 8.94. The van der Waals surface area contributed by atoms with Gasteiger partial charge >= 0.3 is 0 Å². The maximum atomic E-state index is 12.3. The highest BCUT2D eigenvalue weighted by Gasteiger charge is 2.13. The summed E-state index contributed by atoms with van der Waals surface area (Å²) in [5.74, 6) is -0.0387. The molecule has 0 radical (unpaired) electrons. The number of aromatic nitrogens is 2. The first-order valence-electron chi connectivity index (χ1n) is 5.92. The summed E-state index contributed by atoms with van der Waals surface area (Å²) < 4.78 is 0. The van der Waals surface area contributed by atoms with E-state index < -0.39 is 0 Å². The standard InChI is InChI=1S/C13H16N4OS.2ClH/c1-9-16-7-12(19-9)8-17(2)13(18)10-3-4-15-11(5-10)6-14;;/h3-5,7H,6,8,14H2,1-2H3;2*1H. The molecule has 116 valence electrons. The number of thiazole rings is 1. The zero-order valence-electron chi connectivity index (χ0n) is 11.8. The summed E-state index contributed by atoms with van der Waals surface area (Å²) in [4.78, 5) is 23.3. The third kappa shape index (κ3) is 5.24. The molecular formula is C13H18Cl2N4OS. The van der Waals surface area contributed by atoms with E-state index in [0.29, 0.717) is 24.3 Å². The molecule has 0 aromatic carbocycles. The number of rotatable bonds is 4. The van der Waals surface area contributed by atoms with Crippen molar-refractivity contribution in [1.82, 2.24) is 14.9 Å². The number of nitrogens with zero attached hydrogens (tertiary/aromatic N) is 3. The number of carbonyl (C=O) groups is 1. The van der Waals surface area contributed by atoms with E-state index in [1.54, 1.807) is 41.6 Å². The molecule has 2 N–H and O–H groups in total. The fourth-order valence-electron chi connectivity index (χ4n) is 1.73. The van der Waals surface area contributed by atoms with E-state index in [1.807, 2.05) is 13.1 Å². The van der Waals surface area contributed by atoms with Crippen LogP contribution in [0.5, 0.6) is 0 Å². The van der Waals surface area contributed by atoms with Crippen molar-refractivity contribution in [1.29, 1.82) is 0 Å². The average Bonchev–Trinajstić information content (AvgIpc) is 2.83. The number of carbonyl (C=O) groups excluding carboxylic acids is 1. The summed E-state index contributed by atoms with van der Waals surface area (Å²) in [6.45, 7) is 2.84. The number of nitrogens with two attached hydrogens (primary N) is 1. The first-order valence-corrected chi connectivity index (χ1v) is 6.73. The van der Waals surface area contributed by atoms with Crippen LogP contribution in [0.15, 0.2) is 24.5 Å². The molecule has 0 aliphatic heterocycles. The van der Waals surface area contributed by atoms with Crippen LogP contribution in [0.25, 0.3) is 0 Å². The van der Waals surface area contributed by atoms with Crippen molar-refractivity contribution < 1.29 is 4.79 Å². The quantitative estimate of drug-likeness (QED) is 0.920. The van der Waals surface area contributed by atoms with Gasteiger partial charge in [-0.1, -0.05) is 0 Å². The Morgan fingerprint density at radius 1 is 1.38 bits per heavy atom. The predicted molar refractivity (Wildman–Crippen MR) is 89.3 cm³/mol. The van der Waals surface area contributed by atoms with Crippen LogP contribution in [-0.2, 0) is 13.1 Å². The fraction of sp³-hybridized carbons (Fsp3) is 0.308.